The number of thiazole rings is 1. The molecule has 174 valence electrons. The molecule has 3 aromatic rings. The second kappa shape index (κ2) is 8.96. The van der Waals surface area contributed by atoms with Gasteiger partial charge in [0.05, 0.1) is 22.0 Å². The molecule has 1 aromatic carbocycles. The molecule has 33 heavy (non-hydrogen) atoms. The molecule has 0 radical (unpaired) electrons. The van der Waals surface area contributed by atoms with Crippen molar-refractivity contribution >= 4 is 39.2 Å². The van der Waals surface area contributed by atoms with Crippen molar-refractivity contribution in [2.45, 2.75) is 56.8 Å². The summed E-state index contributed by atoms with van der Waals surface area (Å²) in [5.74, 6) is 0.214. The Balaban J connectivity index is 1.44. The van der Waals surface area contributed by atoms with E-state index in [4.69, 9.17) is 0 Å². The topological polar surface area (TPSA) is 104 Å². The number of rotatable bonds is 8. The van der Waals surface area contributed by atoms with Crippen LogP contribution >= 0.6 is 11.3 Å². The van der Waals surface area contributed by atoms with E-state index in [0.29, 0.717) is 16.6 Å². The summed E-state index contributed by atoms with van der Waals surface area (Å²) in [5, 5.41) is 15.7. The maximum Gasteiger partial charge on any atom is 0.237 e. The quantitative estimate of drug-likeness (QED) is 0.434. The van der Waals surface area contributed by atoms with Gasteiger partial charge in [-0.1, -0.05) is 18.2 Å². The number of benzene rings is 1. The van der Waals surface area contributed by atoms with Crippen molar-refractivity contribution in [3.8, 4) is 11.1 Å². The van der Waals surface area contributed by atoms with E-state index in [9.17, 15) is 14.1 Å². The summed E-state index contributed by atoms with van der Waals surface area (Å²) in [6.45, 7) is 7.10. The van der Waals surface area contributed by atoms with Gasteiger partial charge in [-0.2, -0.15) is 0 Å². The number of anilines is 2. The molecule has 0 spiro atoms. The molecular formula is C24H28N4O3S2. The van der Waals surface area contributed by atoms with E-state index >= 15 is 0 Å². The molecule has 2 heterocycles. The van der Waals surface area contributed by atoms with Gasteiger partial charge in [0, 0.05) is 17.1 Å². The lowest BCUT2D eigenvalue weighted by molar-refractivity contribution is -0.120. The lowest BCUT2D eigenvalue weighted by Gasteiger charge is -2.21. The number of aromatic nitrogens is 2. The number of nitrogens with one attached hydrogen (secondary N) is 2. The number of nitrogens with zero attached hydrogens (tertiary/aromatic N) is 2. The maximum atomic E-state index is 13.0. The molecule has 1 amide bonds. The summed E-state index contributed by atoms with van der Waals surface area (Å²) in [6.07, 6.45) is 3.65. The summed E-state index contributed by atoms with van der Waals surface area (Å²) in [6, 6.07) is 11.3. The second-order valence-corrected chi connectivity index (χ2v) is 11.6. The van der Waals surface area contributed by atoms with Crippen molar-refractivity contribution in [2.75, 3.05) is 10.0 Å². The number of pyridine rings is 1. The molecule has 3 N–H and O–H groups in total. The Hall–Kier alpha value is -2.62. The van der Waals surface area contributed by atoms with E-state index in [-0.39, 0.29) is 11.2 Å². The van der Waals surface area contributed by atoms with Gasteiger partial charge in [0.2, 0.25) is 5.91 Å². The Morgan fingerprint density at radius 3 is 2.55 bits per heavy atom. The third kappa shape index (κ3) is 5.48. The van der Waals surface area contributed by atoms with Gasteiger partial charge in [0.15, 0.2) is 5.13 Å². The number of aliphatic hydroxyl groups is 1. The number of amides is 1. The molecule has 1 unspecified atom stereocenters. The predicted octanol–water partition coefficient (Wildman–Crippen LogP) is 4.59. The molecule has 0 aliphatic heterocycles. The average Bonchev–Trinajstić information content (AvgIpc) is 3.52. The Bertz CT molecular complexity index is 1180. The molecule has 1 aliphatic rings. The molecule has 7 nitrogen and oxygen atoms in total. The summed E-state index contributed by atoms with van der Waals surface area (Å²) < 4.78 is 15.0. The highest BCUT2D eigenvalue weighted by Crippen LogP contribution is 2.32. The lowest BCUT2D eigenvalue weighted by atomic mass is 9.89. The largest absolute Gasteiger partial charge is 0.386 e. The normalized spacial score (nSPS) is 15.2. The first-order valence-corrected chi connectivity index (χ1v) is 12.9. The van der Waals surface area contributed by atoms with Crippen LogP contribution in [-0.2, 0) is 26.8 Å². The Labute approximate surface area is 200 Å². The average molecular weight is 485 g/mol. The number of carbonyl (C=O) groups is 1. The summed E-state index contributed by atoms with van der Waals surface area (Å²) in [5.41, 5.74) is 1.43. The highest BCUT2D eigenvalue weighted by atomic mass is 32.2. The third-order valence-corrected chi connectivity index (χ3v) is 7.99. The fourth-order valence-corrected chi connectivity index (χ4v) is 5.28. The van der Waals surface area contributed by atoms with Crippen LogP contribution < -0.4 is 10.0 Å². The number of hydrogen-bond acceptors (Lipinski definition) is 6. The zero-order valence-corrected chi connectivity index (χ0v) is 20.7. The molecule has 9 heteroatoms. The van der Waals surface area contributed by atoms with Crippen LogP contribution in [0.5, 0.6) is 0 Å². The van der Waals surface area contributed by atoms with E-state index < -0.39 is 22.0 Å². The standard InChI is InChI=1S/C24H28N4O3S2/c1-23(2,19-14-32-22(26-19)28-33(31)18-9-10-18)21(29)27-20-11-8-16(13-25-20)15-6-5-7-17(12-15)24(3,4)30/h5-8,11-14,18,30H,9-10H2,1-4H3,(H,26,28)(H,25,27,29). The van der Waals surface area contributed by atoms with Gasteiger partial charge in [-0.15, -0.1) is 11.3 Å². The summed E-state index contributed by atoms with van der Waals surface area (Å²) >= 11 is 1.35. The first kappa shape index (κ1) is 23.5. The molecule has 0 saturated heterocycles. The van der Waals surface area contributed by atoms with Crippen LogP contribution in [0.1, 0.15) is 51.8 Å². The first-order valence-electron chi connectivity index (χ1n) is 10.8. The minimum Gasteiger partial charge on any atom is -0.386 e. The first-order chi connectivity index (χ1) is 15.5. The van der Waals surface area contributed by atoms with Crippen molar-refractivity contribution in [3.63, 3.8) is 0 Å². The van der Waals surface area contributed by atoms with Crippen molar-refractivity contribution in [2.24, 2.45) is 0 Å². The van der Waals surface area contributed by atoms with Gasteiger partial charge in [-0.05, 0) is 69.9 Å². The fraction of sp³-hybridized carbons (Fsp3) is 0.375. The maximum absolute atomic E-state index is 13.0. The van der Waals surface area contributed by atoms with Crippen molar-refractivity contribution < 1.29 is 14.1 Å². The smallest absolute Gasteiger partial charge is 0.237 e. The van der Waals surface area contributed by atoms with Crippen molar-refractivity contribution in [3.05, 3.63) is 59.2 Å². The molecular weight excluding hydrogens is 456 g/mol. The van der Waals surface area contributed by atoms with Gasteiger partial charge < -0.3 is 10.4 Å². The van der Waals surface area contributed by atoms with Crippen molar-refractivity contribution in [1.29, 1.82) is 0 Å². The van der Waals surface area contributed by atoms with Crippen LogP contribution in [0.3, 0.4) is 0 Å². The van der Waals surface area contributed by atoms with Crippen molar-refractivity contribution in [1.82, 2.24) is 9.97 Å². The van der Waals surface area contributed by atoms with Crippen LogP contribution in [-0.4, -0.2) is 30.4 Å². The number of carbonyl (C=O) groups excluding carboxylic acids is 1. The monoisotopic (exact) mass is 484 g/mol. The third-order valence-electron chi connectivity index (χ3n) is 5.63. The highest BCUT2D eigenvalue weighted by Gasteiger charge is 2.34. The Morgan fingerprint density at radius 1 is 1.15 bits per heavy atom. The zero-order valence-electron chi connectivity index (χ0n) is 19.1. The van der Waals surface area contributed by atoms with Crippen LogP contribution in [0.25, 0.3) is 11.1 Å². The highest BCUT2D eigenvalue weighted by molar-refractivity contribution is 7.87. The molecule has 1 atom stereocenters. The molecule has 1 saturated carbocycles. The van der Waals surface area contributed by atoms with Gasteiger partial charge in [0.1, 0.15) is 16.8 Å². The Kier molecular flexibility index (Phi) is 6.39. The van der Waals surface area contributed by atoms with Crippen LogP contribution in [0.4, 0.5) is 10.9 Å². The van der Waals surface area contributed by atoms with Gasteiger partial charge in [0.25, 0.3) is 0 Å². The SMILES string of the molecule is CC(C)(O)c1cccc(-c2ccc(NC(=O)C(C)(C)c3csc(NS(=O)C4CC4)n3)nc2)c1. The molecule has 0 bridgehead atoms. The second-order valence-electron chi connectivity index (χ2n) is 9.29. The van der Waals surface area contributed by atoms with Crippen LogP contribution in [0, 0.1) is 0 Å². The van der Waals surface area contributed by atoms with Gasteiger partial charge in [-0.25, -0.2) is 14.2 Å². The van der Waals surface area contributed by atoms with E-state index in [1.54, 1.807) is 40.0 Å². The van der Waals surface area contributed by atoms with E-state index in [1.807, 2.05) is 35.7 Å². The lowest BCUT2D eigenvalue weighted by Crippen LogP contribution is -2.35. The predicted molar refractivity (Wildman–Crippen MR) is 133 cm³/mol. The van der Waals surface area contributed by atoms with Gasteiger partial charge in [-0.3, -0.25) is 9.52 Å². The van der Waals surface area contributed by atoms with E-state index in [1.165, 1.54) is 11.3 Å². The van der Waals surface area contributed by atoms with Crippen LogP contribution in [0.2, 0.25) is 0 Å². The summed E-state index contributed by atoms with van der Waals surface area (Å²) in [7, 11) is -1.12. The van der Waals surface area contributed by atoms with E-state index in [2.05, 4.69) is 20.0 Å². The van der Waals surface area contributed by atoms with Gasteiger partial charge >= 0.3 is 0 Å². The minimum atomic E-state index is -1.12. The zero-order chi connectivity index (χ0) is 23.8. The molecule has 1 aliphatic carbocycles. The van der Waals surface area contributed by atoms with Crippen LogP contribution in [0.15, 0.2) is 48.0 Å². The minimum absolute atomic E-state index is 0.209. The molecule has 4 rings (SSSR count). The summed E-state index contributed by atoms with van der Waals surface area (Å²) in [4.78, 5) is 21.9. The van der Waals surface area contributed by atoms with E-state index in [0.717, 1.165) is 29.5 Å². The number of hydrogen-bond donors (Lipinski definition) is 3. The molecule has 1 fully saturated rings. The Morgan fingerprint density at radius 2 is 1.91 bits per heavy atom. The molecule has 2 aromatic heterocycles. The fourth-order valence-electron chi connectivity index (χ4n) is 3.17.